The first-order valence-electron chi connectivity index (χ1n) is 5.58. The van der Waals surface area contributed by atoms with Gasteiger partial charge in [-0.15, -0.1) is 0 Å². The van der Waals surface area contributed by atoms with Crippen molar-refractivity contribution in [3.8, 4) is 0 Å². The van der Waals surface area contributed by atoms with Gasteiger partial charge in [0.15, 0.2) is 0 Å². The van der Waals surface area contributed by atoms with Crippen molar-refractivity contribution >= 4 is 17.3 Å². The van der Waals surface area contributed by atoms with Gasteiger partial charge < -0.3 is 26.4 Å². The van der Waals surface area contributed by atoms with Gasteiger partial charge in [-0.25, -0.2) is 0 Å². The topological polar surface area (TPSA) is 159 Å². The van der Waals surface area contributed by atoms with Crippen molar-refractivity contribution in [2.24, 2.45) is 0 Å². The van der Waals surface area contributed by atoms with E-state index in [1.165, 1.54) is 6.07 Å². The number of nitrogen functional groups attached to an aromatic ring is 1. The molecule has 0 aliphatic heterocycles. The second kappa shape index (κ2) is 6.28. The molecule has 20 heavy (non-hydrogen) atoms. The van der Waals surface area contributed by atoms with Crippen LogP contribution in [0.15, 0.2) is 18.2 Å². The molecule has 0 saturated carbocycles. The Morgan fingerprint density at radius 1 is 1.30 bits per heavy atom. The number of aliphatic hydroxyl groups excluding tert-OH is 3. The Kier molecular flexibility index (Phi) is 4.97. The van der Waals surface area contributed by atoms with Crippen LogP contribution in [-0.2, 0) is 0 Å². The van der Waals surface area contributed by atoms with Gasteiger partial charge in [0.25, 0.3) is 11.6 Å². The molecule has 1 aromatic carbocycles. The Morgan fingerprint density at radius 2 is 1.85 bits per heavy atom. The molecule has 9 heteroatoms. The fourth-order valence-corrected chi connectivity index (χ4v) is 1.47. The summed E-state index contributed by atoms with van der Waals surface area (Å²) in [6, 6.07) is 3.44. The van der Waals surface area contributed by atoms with Gasteiger partial charge in [0.1, 0.15) is 11.1 Å². The summed E-state index contributed by atoms with van der Waals surface area (Å²) in [5.74, 6) is -0.929. The molecule has 0 atom stereocenters. The van der Waals surface area contributed by atoms with E-state index in [0.717, 1.165) is 12.1 Å². The molecule has 0 saturated heterocycles. The van der Waals surface area contributed by atoms with Gasteiger partial charge in [0, 0.05) is 11.8 Å². The number of benzene rings is 1. The molecule has 9 nitrogen and oxygen atoms in total. The molecule has 0 bridgehead atoms. The Bertz CT molecular complexity index is 507. The summed E-state index contributed by atoms with van der Waals surface area (Å²) in [5.41, 5.74) is 3.15. The van der Waals surface area contributed by atoms with E-state index in [1.807, 2.05) is 0 Å². The van der Waals surface area contributed by atoms with Crippen LogP contribution in [0.3, 0.4) is 0 Å². The fraction of sp³-hybridized carbons (Fsp3) is 0.364. The lowest BCUT2D eigenvalue weighted by Gasteiger charge is -2.28. The highest BCUT2D eigenvalue weighted by molar-refractivity contribution is 5.99. The monoisotopic (exact) mass is 285 g/mol. The van der Waals surface area contributed by atoms with Crippen molar-refractivity contribution in [3.05, 3.63) is 33.9 Å². The standard InChI is InChI=1S/C11H15N3O6/c12-7-1-2-9(14(19)20)8(3-7)10(18)13-11(4-15,5-16)6-17/h1-3,15-17H,4-6,12H2,(H,13,18). The van der Waals surface area contributed by atoms with Crippen LogP contribution in [0.1, 0.15) is 10.4 Å². The zero-order chi connectivity index (χ0) is 15.3. The SMILES string of the molecule is Nc1ccc([N+](=O)[O-])c(C(=O)NC(CO)(CO)CO)c1. The molecule has 0 aromatic heterocycles. The number of rotatable bonds is 6. The molecule has 1 rings (SSSR count). The minimum atomic E-state index is -1.67. The number of hydrogen-bond donors (Lipinski definition) is 5. The van der Waals surface area contributed by atoms with Crippen molar-refractivity contribution in [2.75, 3.05) is 25.6 Å². The number of aliphatic hydroxyl groups is 3. The Hall–Kier alpha value is -2.23. The van der Waals surface area contributed by atoms with Gasteiger partial charge in [-0.05, 0) is 12.1 Å². The van der Waals surface area contributed by atoms with E-state index in [4.69, 9.17) is 21.1 Å². The maximum Gasteiger partial charge on any atom is 0.282 e. The summed E-state index contributed by atoms with van der Waals surface area (Å²) in [4.78, 5) is 22.1. The highest BCUT2D eigenvalue weighted by Gasteiger charge is 2.32. The number of nitro benzene ring substituents is 1. The van der Waals surface area contributed by atoms with Crippen LogP contribution in [0, 0.1) is 10.1 Å². The van der Waals surface area contributed by atoms with E-state index in [2.05, 4.69) is 5.32 Å². The van der Waals surface area contributed by atoms with Crippen LogP contribution >= 0.6 is 0 Å². The molecule has 1 aromatic rings. The number of anilines is 1. The molecule has 6 N–H and O–H groups in total. The molecule has 110 valence electrons. The quantitative estimate of drug-likeness (QED) is 0.245. The van der Waals surface area contributed by atoms with Gasteiger partial charge in [0.05, 0.1) is 24.7 Å². The largest absolute Gasteiger partial charge is 0.399 e. The third kappa shape index (κ3) is 3.20. The average Bonchev–Trinajstić information content (AvgIpc) is 2.44. The van der Waals surface area contributed by atoms with Gasteiger partial charge in [-0.1, -0.05) is 0 Å². The molecule has 1 amide bonds. The highest BCUT2D eigenvalue weighted by atomic mass is 16.6. The van der Waals surface area contributed by atoms with Crippen LogP contribution in [0.25, 0.3) is 0 Å². The molecule has 0 unspecified atom stereocenters. The molecular formula is C11H15N3O6. The first kappa shape index (κ1) is 15.8. The zero-order valence-corrected chi connectivity index (χ0v) is 10.4. The smallest absolute Gasteiger partial charge is 0.282 e. The summed E-state index contributed by atoms with van der Waals surface area (Å²) in [7, 11) is 0. The van der Waals surface area contributed by atoms with Crippen LogP contribution in [0.5, 0.6) is 0 Å². The summed E-state index contributed by atoms with van der Waals surface area (Å²) in [5, 5.41) is 40.4. The van der Waals surface area contributed by atoms with Crippen LogP contribution in [-0.4, -0.2) is 51.5 Å². The molecule has 0 heterocycles. The maximum atomic E-state index is 12.0. The Balaban J connectivity index is 3.15. The van der Waals surface area contributed by atoms with Crippen molar-refractivity contribution in [2.45, 2.75) is 5.54 Å². The lowest BCUT2D eigenvalue weighted by molar-refractivity contribution is -0.385. The zero-order valence-electron chi connectivity index (χ0n) is 10.4. The summed E-state index contributed by atoms with van der Waals surface area (Å²) < 4.78 is 0. The minimum absolute atomic E-state index is 0.142. The highest BCUT2D eigenvalue weighted by Crippen LogP contribution is 2.21. The Labute approximate surface area is 113 Å². The van der Waals surface area contributed by atoms with Gasteiger partial charge in [-0.3, -0.25) is 14.9 Å². The Morgan fingerprint density at radius 3 is 2.30 bits per heavy atom. The van der Waals surface area contributed by atoms with E-state index < -0.39 is 41.9 Å². The fourth-order valence-electron chi connectivity index (χ4n) is 1.47. The number of nitrogens with zero attached hydrogens (tertiary/aromatic N) is 1. The predicted molar refractivity (Wildman–Crippen MR) is 69.0 cm³/mol. The van der Waals surface area contributed by atoms with E-state index >= 15 is 0 Å². The second-order valence-electron chi connectivity index (χ2n) is 4.24. The number of carbonyl (C=O) groups excluding carboxylic acids is 1. The van der Waals surface area contributed by atoms with Crippen molar-refractivity contribution in [3.63, 3.8) is 0 Å². The third-order valence-corrected chi connectivity index (χ3v) is 2.75. The van der Waals surface area contributed by atoms with Crippen molar-refractivity contribution in [1.29, 1.82) is 0 Å². The number of nitro groups is 1. The lowest BCUT2D eigenvalue weighted by atomic mass is 10.0. The van der Waals surface area contributed by atoms with Gasteiger partial charge in [0.2, 0.25) is 0 Å². The van der Waals surface area contributed by atoms with E-state index in [1.54, 1.807) is 0 Å². The molecule has 0 aliphatic rings. The van der Waals surface area contributed by atoms with Crippen LogP contribution in [0.4, 0.5) is 11.4 Å². The van der Waals surface area contributed by atoms with E-state index in [0.29, 0.717) is 0 Å². The number of nitrogens with one attached hydrogen (secondary N) is 1. The number of carbonyl (C=O) groups is 1. The van der Waals surface area contributed by atoms with E-state index in [9.17, 15) is 14.9 Å². The molecule has 0 fully saturated rings. The van der Waals surface area contributed by atoms with E-state index in [-0.39, 0.29) is 11.3 Å². The summed E-state index contributed by atoms with van der Waals surface area (Å²) in [6.07, 6.45) is 0. The van der Waals surface area contributed by atoms with Gasteiger partial charge >= 0.3 is 0 Å². The molecule has 0 aliphatic carbocycles. The summed E-state index contributed by atoms with van der Waals surface area (Å²) in [6.45, 7) is -2.20. The number of hydrogen-bond acceptors (Lipinski definition) is 7. The van der Waals surface area contributed by atoms with Crippen LogP contribution in [0.2, 0.25) is 0 Å². The van der Waals surface area contributed by atoms with Crippen molar-refractivity contribution in [1.82, 2.24) is 5.32 Å². The van der Waals surface area contributed by atoms with Crippen LogP contribution < -0.4 is 11.1 Å². The third-order valence-electron chi connectivity index (χ3n) is 2.75. The normalized spacial score (nSPS) is 11.2. The van der Waals surface area contributed by atoms with Gasteiger partial charge in [-0.2, -0.15) is 0 Å². The second-order valence-corrected chi connectivity index (χ2v) is 4.24. The number of nitrogens with two attached hydrogens (primary N) is 1. The summed E-state index contributed by atoms with van der Waals surface area (Å²) >= 11 is 0. The molecular weight excluding hydrogens is 270 g/mol. The molecule has 0 radical (unpaired) electrons. The lowest BCUT2D eigenvalue weighted by Crippen LogP contribution is -2.57. The predicted octanol–water partition coefficient (Wildman–Crippen LogP) is -1.38. The maximum absolute atomic E-state index is 12.0. The number of amides is 1. The minimum Gasteiger partial charge on any atom is -0.399 e. The first-order valence-corrected chi connectivity index (χ1v) is 5.58. The average molecular weight is 285 g/mol. The first-order chi connectivity index (χ1) is 9.39. The van der Waals surface area contributed by atoms with Crippen molar-refractivity contribution < 1.29 is 25.0 Å². The molecule has 0 spiro atoms.